The van der Waals surface area contributed by atoms with Gasteiger partial charge in [0, 0.05) is 10.6 Å². The van der Waals surface area contributed by atoms with Crippen LogP contribution >= 0.6 is 34.5 Å². The Morgan fingerprint density at radius 2 is 1.92 bits per heavy atom. The van der Waals surface area contributed by atoms with Gasteiger partial charge in [0.1, 0.15) is 16.5 Å². The zero-order valence-corrected chi connectivity index (χ0v) is 15.0. The minimum absolute atomic E-state index is 0.0699. The van der Waals surface area contributed by atoms with Crippen LogP contribution in [0.4, 0.5) is 15.9 Å². The topological polar surface area (TPSA) is 37.8 Å². The van der Waals surface area contributed by atoms with E-state index < -0.39 is 5.82 Å². The molecule has 0 amide bonds. The van der Waals surface area contributed by atoms with Gasteiger partial charge in [-0.05, 0) is 61.0 Å². The lowest BCUT2D eigenvalue weighted by atomic mass is 10.1. The van der Waals surface area contributed by atoms with Crippen molar-refractivity contribution in [1.82, 2.24) is 9.97 Å². The molecular formula is C17H14Cl2FN3S. The molecule has 1 N–H and O–H groups in total. The molecule has 0 atom stereocenters. The molecule has 3 aromatic rings. The number of aryl methyl sites for hydroxylation is 2. The summed E-state index contributed by atoms with van der Waals surface area (Å²) in [5, 5.41) is 4.54. The maximum absolute atomic E-state index is 13.4. The van der Waals surface area contributed by atoms with Crippen LogP contribution in [-0.2, 0) is 12.8 Å². The first-order valence-electron chi connectivity index (χ1n) is 7.81. The van der Waals surface area contributed by atoms with Gasteiger partial charge in [0.2, 0.25) is 5.28 Å². The number of hydrogen-bond acceptors (Lipinski definition) is 4. The number of fused-ring (bicyclic) bond motifs is 3. The Balaban J connectivity index is 1.84. The zero-order valence-electron chi connectivity index (χ0n) is 12.7. The van der Waals surface area contributed by atoms with Crippen molar-refractivity contribution in [2.75, 3.05) is 5.32 Å². The number of nitrogens with one attached hydrogen (secondary N) is 1. The summed E-state index contributed by atoms with van der Waals surface area (Å²) < 4.78 is 13.4. The monoisotopic (exact) mass is 381 g/mol. The smallest absolute Gasteiger partial charge is 0.225 e. The van der Waals surface area contributed by atoms with Crippen molar-refractivity contribution in [2.45, 2.75) is 32.1 Å². The fourth-order valence-corrected chi connectivity index (χ4v) is 4.77. The highest BCUT2D eigenvalue weighted by atomic mass is 35.5. The van der Waals surface area contributed by atoms with Gasteiger partial charge in [0.25, 0.3) is 0 Å². The van der Waals surface area contributed by atoms with Crippen molar-refractivity contribution in [2.24, 2.45) is 0 Å². The molecule has 1 aliphatic carbocycles. The highest BCUT2D eigenvalue weighted by Gasteiger charge is 2.20. The Kier molecular flexibility index (Phi) is 4.33. The van der Waals surface area contributed by atoms with Crippen LogP contribution in [-0.4, -0.2) is 9.97 Å². The van der Waals surface area contributed by atoms with E-state index >= 15 is 0 Å². The van der Waals surface area contributed by atoms with Crippen molar-refractivity contribution >= 4 is 56.3 Å². The van der Waals surface area contributed by atoms with Crippen molar-refractivity contribution in [3.05, 3.63) is 44.8 Å². The minimum Gasteiger partial charge on any atom is -0.339 e. The number of benzene rings is 1. The molecule has 0 bridgehead atoms. The molecule has 2 aromatic heterocycles. The molecule has 0 saturated carbocycles. The molecule has 2 heterocycles. The Bertz CT molecular complexity index is 926. The normalized spacial score (nSPS) is 14.5. The van der Waals surface area contributed by atoms with Gasteiger partial charge in [0.15, 0.2) is 0 Å². The van der Waals surface area contributed by atoms with E-state index in [9.17, 15) is 4.39 Å². The van der Waals surface area contributed by atoms with E-state index in [0.29, 0.717) is 11.5 Å². The molecule has 0 fully saturated rings. The van der Waals surface area contributed by atoms with Gasteiger partial charge in [-0.25, -0.2) is 9.37 Å². The fraction of sp³-hybridized carbons (Fsp3) is 0.294. The molecule has 0 saturated heterocycles. The molecule has 0 spiro atoms. The third-order valence-electron chi connectivity index (χ3n) is 4.22. The molecule has 0 radical (unpaired) electrons. The summed E-state index contributed by atoms with van der Waals surface area (Å²) in [6.07, 6.45) is 5.73. The van der Waals surface area contributed by atoms with Crippen LogP contribution < -0.4 is 5.32 Å². The molecule has 0 unspecified atom stereocenters. The SMILES string of the molecule is Fc1ccc(Nc2nc(Cl)nc3sc4c(c23)CCCCC4)cc1Cl. The summed E-state index contributed by atoms with van der Waals surface area (Å²) in [6, 6.07) is 4.51. The quantitative estimate of drug-likeness (QED) is 0.427. The van der Waals surface area contributed by atoms with Crippen molar-refractivity contribution in [3.63, 3.8) is 0 Å². The number of nitrogens with zero attached hydrogens (tertiary/aromatic N) is 2. The first-order chi connectivity index (χ1) is 11.6. The van der Waals surface area contributed by atoms with Gasteiger partial charge in [-0.2, -0.15) is 4.98 Å². The molecule has 24 heavy (non-hydrogen) atoms. The summed E-state index contributed by atoms with van der Waals surface area (Å²) >= 11 is 13.7. The molecule has 1 aliphatic rings. The van der Waals surface area contributed by atoms with Crippen LogP contribution in [0.1, 0.15) is 29.7 Å². The largest absolute Gasteiger partial charge is 0.339 e. The van der Waals surface area contributed by atoms with Gasteiger partial charge >= 0.3 is 0 Å². The number of anilines is 2. The van der Waals surface area contributed by atoms with Crippen LogP contribution in [0.2, 0.25) is 10.3 Å². The van der Waals surface area contributed by atoms with Crippen LogP contribution in [0.3, 0.4) is 0 Å². The Hall–Kier alpha value is -1.43. The van der Waals surface area contributed by atoms with Crippen LogP contribution in [0.25, 0.3) is 10.2 Å². The van der Waals surface area contributed by atoms with E-state index in [2.05, 4.69) is 15.3 Å². The molecule has 3 nitrogen and oxygen atoms in total. The van der Waals surface area contributed by atoms with Gasteiger partial charge in [-0.15, -0.1) is 11.3 Å². The second-order valence-electron chi connectivity index (χ2n) is 5.84. The van der Waals surface area contributed by atoms with Crippen molar-refractivity contribution < 1.29 is 4.39 Å². The highest BCUT2D eigenvalue weighted by molar-refractivity contribution is 7.19. The number of rotatable bonds is 2. The molecular weight excluding hydrogens is 368 g/mol. The fourth-order valence-electron chi connectivity index (χ4n) is 3.11. The Morgan fingerprint density at radius 3 is 2.75 bits per heavy atom. The third-order valence-corrected chi connectivity index (χ3v) is 5.86. The first-order valence-corrected chi connectivity index (χ1v) is 9.39. The number of thiophene rings is 1. The number of aromatic nitrogens is 2. The van der Waals surface area contributed by atoms with E-state index in [1.54, 1.807) is 23.5 Å². The highest BCUT2D eigenvalue weighted by Crippen LogP contribution is 2.39. The van der Waals surface area contributed by atoms with E-state index in [0.717, 1.165) is 23.1 Å². The third kappa shape index (κ3) is 2.96. The van der Waals surface area contributed by atoms with E-state index in [1.165, 1.54) is 35.8 Å². The summed E-state index contributed by atoms with van der Waals surface area (Å²) in [5.74, 6) is 0.213. The lowest BCUT2D eigenvalue weighted by Gasteiger charge is -2.09. The number of halogens is 3. The zero-order chi connectivity index (χ0) is 16.7. The van der Waals surface area contributed by atoms with Crippen LogP contribution in [0.15, 0.2) is 18.2 Å². The lowest BCUT2D eigenvalue weighted by molar-refractivity contribution is 0.628. The van der Waals surface area contributed by atoms with E-state index in [4.69, 9.17) is 23.2 Å². The minimum atomic E-state index is -0.447. The van der Waals surface area contributed by atoms with Crippen LogP contribution in [0, 0.1) is 5.82 Å². The average molecular weight is 382 g/mol. The Labute approximate surface area is 152 Å². The molecule has 0 aliphatic heterocycles. The molecule has 7 heteroatoms. The van der Waals surface area contributed by atoms with Gasteiger partial charge < -0.3 is 5.32 Å². The van der Waals surface area contributed by atoms with Crippen molar-refractivity contribution in [1.29, 1.82) is 0 Å². The summed E-state index contributed by atoms with van der Waals surface area (Å²) in [6.45, 7) is 0. The van der Waals surface area contributed by atoms with Crippen molar-refractivity contribution in [3.8, 4) is 0 Å². The first kappa shape index (κ1) is 16.1. The van der Waals surface area contributed by atoms with Gasteiger partial charge in [-0.1, -0.05) is 18.0 Å². The summed E-state index contributed by atoms with van der Waals surface area (Å²) in [4.78, 5) is 11.0. The average Bonchev–Trinajstić information content (AvgIpc) is 2.73. The second-order valence-corrected chi connectivity index (χ2v) is 7.67. The van der Waals surface area contributed by atoms with Crippen LogP contribution in [0.5, 0.6) is 0 Å². The standard InChI is InChI=1S/C17H14Cl2FN3S/c18-11-8-9(6-7-12(11)20)21-15-14-10-4-2-1-3-5-13(10)24-16(14)23-17(19)22-15/h6-8H,1-5H2,(H,21,22,23). The van der Waals surface area contributed by atoms with E-state index in [-0.39, 0.29) is 10.3 Å². The molecule has 4 rings (SSSR count). The molecule has 124 valence electrons. The van der Waals surface area contributed by atoms with E-state index in [1.807, 2.05) is 0 Å². The predicted octanol–water partition coefficient (Wildman–Crippen LogP) is 6.15. The number of hydrogen-bond donors (Lipinski definition) is 1. The maximum Gasteiger partial charge on any atom is 0.225 e. The Morgan fingerprint density at radius 1 is 1.08 bits per heavy atom. The summed E-state index contributed by atoms with van der Waals surface area (Å²) in [7, 11) is 0. The summed E-state index contributed by atoms with van der Waals surface area (Å²) in [5.41, 5.74) is 1.99. The maximum atomic E-state index is 13.4. The van der Waals surface area contributed by atoms with Gasteiger partial charge in [-0.3, -0.25) is 0 Å². The van der Waals surface area contributed by atoms with Gasteiger partial charge in [0.05, 0.1) is 10.4 Å². The predicted molar refractivity (Wildman–Crippen MR) is 98.4 cm³/mol. The lowest BCUT2D eigenvalue weighted by Crippen LogP contribution is -1.98. The molecule has 1 aromatic carbocycles. The second kappa shape index (κ2) is 6.47.